The fraction of sp³-hybridized carbons (Fsp3) is 0.583. The van der Waals surface area contributed by atoms with Gasteiger partial charge in [-0.3, -0.25) is 4.98 Å². The summed E-state index contributed by atoms with van der Waals surface area (Å²) in [7, 11) is -3.42. The van der Waals surface area contributed by atoms with Crippen LogP contribution in [0.25, 0.3) is 0 Å². The Bertz CT molecular complexity index is 511. The van der Waals surface area contributed by atoms with Crippen LogP contribution in [-0.4, -0.2) is 31.5 Å². The van der Waals surface area contributed by atoms with E-state index in [1.54, 1.807) is 18.3 Å². The van der Waals surface area contributed by atoms with E-state index in [0.29, 0.717) is 12.1 Å². The minimum atomic E-state index is -3.42. The summed E-state index contributed by atoms with van der Waals surface area (Å²) in [5.74, 6) is 0. The van der Waals surface area contributed by atoms with E-state index in [0.717, 1.165) is 25.7 Å². The Kier molecular flexibility index (Phi) is 4.45. The van der Waals surface area contributed by atoms with Crippen LogP contribution in [0.4, 0.5) is 0 Å². The number of aromatic nitrogens is 1. The number of pyridine rings is 1. The van der Waals surface area contributed by atoms with Crippen molar-refractivity contribution in [3.05, 3.63) is 24.5 Å². The van der Waals surface area contributed by atoms with Crippen molar-refractivity contribution in [1.82, 2.24) is 15.0 Å². The van der Waals surface area contributed by atoms with Gasteiger partial charge in [0.25, 0.3) is 0 Å². The van der Waals surface area contributed by atoms with Gasteiger partial charge in [0.05, 0.1) is 0 Å². The Morgan fingerprint density at radius 3 is 2.53 bits per heavy atom. The van der Waals surface area contributed by atoms with E-state index in [-0.39, 0.29) is 23.3 Å². The molecule has 0 spiro atoms. The fourth-order valence-corrected chi connectivity index (χ4v) is 4.17. The average Bonchev–Trinajstić information content (AvgIpc) is 2.69. The number of sulfonamides is 1. The highest BCUT2D eigenvalue weighted by Crippen LogP contribution is 2.27. The normalized spacial score (nSPS) is 29.8. The van der Waals surface area contributed by atoms with E-state index in [1.165, 1.54) is 6.20 Å². The van der Waals surface area contributed by atoms with E-state index < -0.39 is 10.0 Å². The summed E-state index contributed by atoms with van der Waals surface area (Å²) in [6.45, 7) is 0. The molecule has 3 rings (SSSR count). The second-order valence-electron chi connectivity index (χ2n) is 5.12. The molecule has 3 heterocycles. The van der Waals surface area contributed by atoms with Crippen molar-refractivity contribution in [2.75, 3.05) is 0 Å². The summed E-state index contributed by atoms with van der Waals surface area (Å²) in [4.78, 5) is 4.10. The van der Waals surface area contributed by atoms with Gasteiger partial charge in [-0.2, -0.15) is 0 Å². The molecule has 1 aromatic heterocycles. The molecular formula is C12H18ClN3O2S. The Balaban J connectivity index is 0.00000133. The van der Waals surface area contributed by atoms with Gasteiger partial charge in [-0.05, 0) is 37.8 Å². The molecule has 2 atom stereocenters. The van der Waals surface area contributed by atoms with E-state index in [9.17, 15) is 8.42 Å². The van der Waals surface area contributed by atoms with Crippen molar-refractivity contribution in [2.24, 2.45) is 0 Å². The highest BCUT2D eigenvalue weighted by molar-refractivity contribution is 7.89. The van der Waals surface area contributed by atoms with Crippen molar-refractivity contribution in [2.45, 2.75) is 48.7 Å². The van der Waals surface area contributed by atoms with Gasteiger partial charge < -0.3 is 5.32 Å². The van der Waals surface area contributed by atoms with Gasteiger partial charge in [-0.15, -0.1) is 12.4 Å². The first kappa shape index (κ1) is 14.7. The highest BCUT2D eigenvalue weighted by Gasteiger charge is 2.35. The lowest BCUT2D eigenvalue weighted by molar-refractivity contribution is 0.345. The molecule has 106 valence electrons. The molecule has 0 amide bonds. The maximum Gasteiger partial charge on any atom is 0.242 e. The summed E-state index contributed by atoms with van der Waals surface area (Å²) in [5.41, 5.74) is 0. The van der Waals surface area contributed by atoms with E-state index >= 15 is 0 Å². The van der Waals surface area contributed by atoms with Crippen LogP contribution in [0.5, 0.6) is 0 Å². The topological polar surface area (TPSA) is 71.1 Å². The minimum absolute atomic E-state index is 0. The van der Waals surface area contributed by atoms with Crippen LogP contribution in [-0.2, 0) is 10.0 Å². The molecule has 0 aliphatic carbocycles. The Morgan fingerprint density at radius 2 is 1.95 bits per heavy atom. The number of hydrogen-bond donors (Lipinski definition) is 2. The average molecular weight is 304 g/mol. The maximum absolute atomic E-state index is 12.2. The summed E-state index contributed by atoms with van der Waals surface area (Å²) in [5, 5.41) is 3.50. The fourth-order valence-electron chi connectivity index (χ4n) is 2.95. The quantitative estimate of drug-likeness (QED) is 0.876. The molecule has 2 bridgehead atoms. The number of nitrogens with zero attached hydrogens (tertiary/aromatic N) is 1. The van der Waals surface area contributed by atoms with Crippen LogP contribution in [0.15, 0.2) is 29.4 Å². The standard InChI is InChI=1S/C12H17N3O2S.ClH/c16-18(17,12-2-1-5-13-8-12)15-11-6-9-3-4-10(7-11)14-9;/h1-2,5,8-11,14-15H,3-4,6-7H2;1H. The SMILES string of the molecule is Cl.O=S(=O)(NC1CC2CCC(C1)N2)c1cccnc1. The van der Waals surface area contributed by atoms with Crippen LogP contribution in [0, 0.1) is 0 Å². The number of hydrogen-bond acceptors (Lipinski definition) is 4. The summed E-state index contributed by atoms with van der Waals surface area (Å²) >= 11 is 0. The third-order valence-electron chi connectivity index (χ3n) is 3.74. The minimum Gasteiger partial charge on any atom is -0.311 e. The van der Waals surface area contributed by atoms with Crippen LogP contribution >= 0.6 is 12.4 Å². The molecule has 5 nitrogen and oxygen atoms in total. The smallest absolute Gasteiger partial charge is 0.242 e. The first-order chi connectivity index (χ1) is 8.63. The van der Waals surface area contributed by atoms with Gasteiger partial charge in [-0.1, -0.05) is 0 Å². The molecule has 7 heteroatoms. The van der Waals surface area contributed by atoms with Gasteiger partial charge in [0.1, 0.15) is 4.90 Å². The molecule has 0 saturated carbocycles. The summed E-state index contributed by atoms with van der Waals surface area (Å²) in [6.07, 6.45) is 7.05. The highest BCUT2D eigenvalue weighted by atomic mass is 35.5. The van der Waals surface area contributed by atoms with Gasteiger partial charge in [0, 0.05) is 30.5 Å². The van der Waals surface area contributed by atoms with E-state index in [1.807, 2.05) is 0 Å². The van der Waals surface area contributed by atoms with Crippen LogP contribution < -0.4 is 10.0 Å². The number of nitrogens with one attached hydrogen (secondary N) is 2. The van der Waals surface area contributed by atoms with Gasteiger partial charge in [-0.25, -0.2) is 13.1 Å². The molecular weight excluding hydrogens is 286 g/mol. The molecule has 2 aliphatic rings. The van der Waals surface area contributed by atoms with Crippen molar-refractivity contribution < 1.29 is 8.42 Å². The zero-order valence-electron chi connectivity index (χ0n) is 10.5. The third-order valence-corrected chi connectivity index (χ3v) is 5.25. The first-order valence-electron chi connectivity index (χ1n) is 6.32. The van der Waals surface area contributed by atoms with E-state index in [2.05, 4.69) is 15.0 Å². The molecule has 0 aromatic carbocycles. The monoisotopic (exact) mass is 303 g/mol. The van der Waals surface area contributed by atoms with Crippen molar-refractivity contribution >= 4 is 22.4 Å². The first-order valence-corrected chi connectivity index (χ1v) is 7.80. The van der Waals surface area contributed by atoms with Crippen LogP contribution in [0.3, 0.4) is 0 Å². The predicted molar refractivity (Wildman–Crippen MR) is 74.8 cm³/mol. The lowest BCUT2D eigenvalue weighted by Crippen LogP contribution is -2.47. The molecule has 2 N–H and O–H groups in total. The van der Waals surface area contributed by atoms with E-state index in [4.69, 9.17) is 0 Å². The zero-order valence-corrected chi connectivity index (χ0v) is 12.1. The van der Waals surface area contributed by atoms with Crippen LogP contribution in [0.2, 0.25) is 0 Å². The molecule has 2 fully saturated rings. The second-order valence-corrected chi connectivity index (χ2v) is 6.83. The largest absolute Gasteiger partial charge is 0.311 e. The maximum atomic E-state index is 12.2. The molecule has 2 unspecified atom stereocenters. The van der Waals surface area contributed by atoms with Crippen LogP contribution in [0.1, 0.15) is 25.7 Å². The van der Waals surface area contributed by atoms with Gasteiger partial charge >= 0.3 is 0 Å². The molecule has 2 aliphatic heterocycles. The predicted octanol–water partition coefficient (Wildman–Crippen LogP) is 1.06. The zero-order chi connectivity index (χ0) is 12.6. The molecule has 0 radical (unpaired) electrons. The Morgan fingerprint density at radius 1 is 1.26 bits per heavy atom. The van der Waals surface area contributed by atoms with Crippen molar-refractivity contribution in [3.63, 3.8) is 0 Å². The number of fused-ring (bicyclic) bond motifs is 2. The lowest BCUT2D eigenvalue weighted by Gasteiger charge is -2.29. The number of halogens is 1. The van der Waals surface area contributed by atoms with Crippen molar-refractivity contribution in [3.8, 4) is 0 Å². The Hall–Kier alpha value is -0.690. The Labute approximate surface area is 119 Å². The summed E-state index contributed by atoms with van der Waals surface area (Å²) in [6, 6.07) is 4.22. The number of piperidine rings is 1. The lowest BCUT2D eigenvalue weighted by atomic mass is 10.0. The van der Waals surface area contributed by atoms with Crippen molar-refractivity contribution in [1.29, 1.82) is 0 Å². The van der Waals surface area contributed by atoms with Gasteiger partial charge in [0.2, 0.25) is 10.0 Å². The van der Waals surface area contributed by atoms with Gasteiger partial charge in [0.15, 0.2) is 0 Å². The molecule has 1 aromatic rings. The summed E-state index contributed by atoms with van der Waals surface area (Å²) < 4.78 is 27.1. The molecule has 2 saturated heterocycles. The second kappa shape index (κ2) is 5.75. The third kappa shape index (κ3) is 3.25. The number of rotatable bonds is 3. The molecule has 19 heavy (non-hydrogen) atoms.